The van der Waals surface area contributed by atoms with Gasteiger partial charge < -0.3 is 14.7 Å². The highest BCUT2D eigenvalue weighted by Gasteiger charge is 2.45. The number of piperidine rings is 1. The summed E-state index contributed by atoms with van der Waals surface area (Å²) in [6.45, 7) is 4.03. The minimum atomic E-state index is -0.250. The van der Waals surface area contributed by atoms with Crippen LogP contribution in [0.15, 0.2) is 6.20 Å². The van der Waals surface area contributed by atoms with Gasteiger partial charge in [0, 0.05) is 51.5 Å². The molecule has 0 aromatic carbocycles. The molecule has 1 aromatic heterocycles. The average Bonchev–Trinajstić information content (AvgIpc) is 3.00. The molecule has 0 amide bonds. The summed E-state index contributed by atoms with van der Waals surface area (Å²) in [7, 11) is 4.05. The first-order valence-corrected chi connectivity index (χ1v) is 9.53. The van der Waals surface area contributed by atoms with Crippen LogP contribution < -0.4 is 4.90 Å². The first kappa shape index (κ1) is 19.0. The molecule has 1 unspecified atom stereocenters. The summed E-state index contributed by atoms with van der Waals surface area (Å²) in [6.07, 6.45) is 9.41. The second-order valence-electron chi connectivity index (χ2n) is 7.74. The van der Waals surface area contributed by atoms with E-state index < -0.39 is 0 Å². The van der Waals surface area contributed by atoms with E-state index in [0.717, 1.165) is 25.6 Å². The third kappa shape index (κ3) is 3.83. The number of anilines is 1. The number of fused-ring (bicyclic) bond motifs is 2. The lowest BCUT2D eigenvalue weighted by Gasteiger charge is -2.45. The van der Waals surface area contributed by atoms with Crippen molar-refractivity contribution in [3.8, 4) is 0 Å². The molecule has 2 fully saturated rings. The van der Waals surface area contributed by atoms with Crippen molar-refractivity contribution in [3.05, 3.63) is 17.5 Å². The number of ether oxygens (including phenoxy) is 1. The number of hydrogen-bond acceptors (Lipinski definition) is 6. The number of hydrogen-bond donors (Lipinski definition) is 1. The van der Waals surface area contributed by atoms with E-state index in [1.54, 1.807) is 0 Å². The third-order valence-corrected chi connectivity index (χ3v) is 5.94. The van der Waals surface area contributed by atoms with Crippen molar-refractivity contribution in [2.75, 3.05) is 45.3 Å². The van der Waals surface area contributed by atoms with E-state index in [-0.39, 0.29) is 11.9 Å². The van der Waals surface area contributed by atoms with E-state index in [1.807, 2.05) is 19.0 Å². The first-order chi connectivity index (χ1) is 12.6. The molecule has 7 nitrogen and oxygen atoms in total. The van der Waals surface area contributed by atoms with Crippen LogP contribution in [-0.2, 0) is 21.4 Å². The van der Waals surface area contributed by atoms with Gasteiger partial charge in [-0.1, -0.05) is 0 Å². The Hall–Kier alpha value is -1.73. The zero-order valence-corrected chi connectivity index (χ0v) is 15.9. The summed E-state index contributed by atoms with van der Waals surface area (Å²) in [5.41, 5.74) is 2.98. The normalized spacial score (nSPS) is 26.1. The lowest BCUT2D eigenvalue weighted by molar-refractivity contribution is -0.122. The summed E-state index contributed by atoms with van der Waals surface area (Å²) >= 11 is 0. The number of nitrogens with zero attached hydrogens (tertiary/aromatic N) is 4. The van der Waals surface area contributed by atoms with Crippen LogP contribution in [0.5, 0.6) is 0 Å². The summed E-state index contributed by atoms with van der Waals surface area (Å²) in [5.74, 6) is 0.855. The van der Waals surface area contributed by atoms with Gasteiger partial charge in [-0.2, -0.15) is 0 Å². The van der Waals surface area contributed by atoms with Crippen LogP contribution in [0.3, 0.4) is 0 Å². The standard InChI is InChI=1S/C18H28N4O.CH2O2/c1-21(2)17-19-12-14-4-8-18(16(14)20-17)7-3-9-22(13-18)15-5-10-23-11-6-15;2-1-3/h12,15H,3-11,13H2,1-2H3;1H,(H,2,3). The largest absolute Gasteiger partial charge is 0.483 e. The minimum absolute atomic E-state index is 0.250. The van der Waals surface area contributed by atoms with Crippen molar-refractivity contribution in [2.45, 2.75) is 50.0 Å². The molecule has 26 heavy (non-hydrogen) atoms. The average molecular weight is 362 g/mol. The van der Waals surface area contributed by atoms with Crippen LogP contribution in [0.4, 0.5) is 5.95 Å². The molecule has 1 aromatic rings. The molecule has 1 atom stereocenters. The predicted molar refractivity (Wildman–Crippen MR) is 99.7 cm³/mol. The Morgan fingerprint density at radius 2 is 2.08 bits per heavy atom. The Morgan fingerprint density at radius 1 is 1.35 bits per heavy atom. The molecule has 3 heterocycles. The fourth-order valence-corrected chi connectivity index (χ4v) is 4.67. The predicted octanol–water partition coefficient (Wildman–Crippen LogP) is 1.70. The fraction of sp³-hybridized carbons (Fsp3) is 0.737. The van der Waals surface area contributed by atoms with Crippen LogP contribution in [0.25, 0.3) is 0 Å². The molecule has 0 saturated carbocycles. The third-order valence-electron chi connectivity index (χ3n) is 5.94. The molecule has 2 saturated heterocycles. The van der Waals surface area contributed by atoms with Crippen LogP contribution in [0.2, 0.25) is 0 Å². The van der Waals surface area contributed by atoms with Gasteiger partial charge in [-0.15, -0.1) is 0 Å². The van der Waals surface area contributed by atoms with E-state index in [2.05, 4.69) is 16.1 Å². The van der Waals surface area contributed by atoms with Gasteiger partial charge in [0.15, 0.2) is 0 Å². The fourth-order valence-electron chi connectivity index (χ4n) is 4.67. The van der Waals surface area contributed by atoms with E-state index >= 15 is 0 Å². The van der Waals surface area contributed by atoms with Gasteiger partial charge in [0.1, 0.15) is 0 Å². The van der Waals surface area contributed by atoms with Gasteiger partial charge >= 0.3 is 0 Å². The minimum Gasteiger partial charge on any atom is -0.483 e. The quantitative estimate of drug-likeness (QED) is 0.802. The van der Waals surface area contributed by atoms with Crippen molar-refractivity contribution in [2.24, 2.45) is 0 Å². The van der Waals surface area contributed by atoms with Gasteiger partial charge in [-0.3, -0.25) is 9.69 Å². The maximum absolute atomic E-state index is 8.36. The Balaban J connectivity index is 0.000000613. The zero-order valence-electron chi connectivity index (χ0n) is 15.9. The molecule has 1 aliphatic carbocycles. The lowest BCUT2D eigenvalue weighted by atomic mass is 9.77. The van der Waals surface area contributed by atoms with E-state index in [9.17, 15) is 0 Å². The second-order valence-corrected chi connectivity index (χ2v) is 7.74. The number of carbonyl (C=O) groups is 1. The summed E-state index contributed by atoms with van der Waals surface area (Å²) in [4.78, 5) is 22.6. The first-order valence-electron chi connectivity index (χ1n) is 9.53. The van der Waals surface area contributed by atoms with Crippen molar-refractivity contribution >= 4 is 12.4 Å². The zero-order chi connectivity index (χ0) is 18.6. The molecule has 3 aliphatic rings. The molecule has 1 N–H and O–H groups in total. The van der Waals surface area contributed by atoms with Crippen LogP contribution >= 0.6 is 0 Å². The Bertz CT molecular complexity index is 615. The van der Waals surface area contributed by atoms with Crippen molar-refractivity contribution in [3.63, 3.8) is 0 Å². The monoisotopic (exact) mass is 362 g/mol. The Labute approximate surface area is 155 Å². The molecular weight excluding hydrogens is 332 g/mol. The van der Waals surface area contributed by atoms with Gasteiger partial charge in [0.05, 0.1) is 5.69 Å². The van der Waals surface area contributed by atoms with E-state index in [1.165, 1.54) is 56.5 Å². The summed E-state index contributed by atoms with van der Waals surface area (Å²) in [6, 6.07) is 0.708. The van der Waals surface area contributed by atoms with Crippen LogP contribution in [0, 0.1) is 0 Å². The molecule has 0 radical (unpaired) electrons. The molecule has 0 bridgehead atoms. The van der Waals surface area contributed by atoms with Gasteiger partial charge in [-0.05, 0) is 50.6 Å². The maximum atomic E-state index is 8.36. The van der Waals surface area contributed by atoms with Crippen molar-refractivity contribution in [1.29, 1.82) is 0 Å². The highest BCUT2D eigenvalue weighted by atomic mass is 16.5. The number of likely N-dealkylation sites (tertiary alicyclic amines) is 1. The Kier molecular flexibility index (Phi) is 6.09. The maximum Gasteiger partial charge on any atom is 0.290 e. The molecule has 2 aliphatic heterocycles. The number of carboxylic acid groups (broad SMARTS) is 1. The van der Waals surface area contributed by atoms with Crippen LogP contribution in [-0.4, -0.2) is 72.9 Å². The molecule has 4 rings (SSSR count). The lowest BCUT2D eigenvalue weighted by Crippen LogP contribution is -2.51. The summed E-state index contributed by atoms with van der Waals surface area (Å²) in [5, 5.41) is 6.89. The van der Waals surface area contributed by atoms with E-state index in [4.69, 9.17) is 19.6 Å². The topological polar surface area (TPSA) is 78.8 Å². The molecular formula is C19H30N4O3. The highest BCUT2D eigenvalue weighted by Crippen LogP contribution is 2.45. The molecule has 144 valence electrons. The van der Waals surface area contributed by atoms with Gasteiger partial charge in [-0.25, -0.2) is 9.97 Å². The smallest absolute Gasteiger partial charge is 0.290 e. The van der Waals surface area contributed by atoms with Crippen molar-refractivity contribution in [1.82, 2.24) is 14.9 Å². The van der Waals surface area contributed by atoms with E-state index in [0.29, 0.717) is 6.04 Å². The number of rotatable bonds is 2. The summed E-state index contributed by atoms with van der Waals surface area (Å²) < 4.78 is 5.55. The Morgan fingerprint density at radius 3 is 2.77 bits per heavy atom. The highest BCUT2D eigenvalue weighted by molar-refractivity contribution is 5.39. The van der Waals surface area contributed by atoms with Crippen molar-refractivity contribution < 1.29 is 14.6 Å². The number of aromatic nitrogens is 2. The number of aryl methyl sites for hydroxylation is 1. The van der Waals surface area contributed by atoms with Crippen LogP contribution in [0.1, 0.15) is 43.4 Å². The molecule has 1 spiro atoms. The van der Waals surface area contributed by atoms with Gasteiger partial charge in [0.2, 0.25) is 5.95 Å². The SMILES string of the molecule is CN(C)c1ncc2c(n1)C1(CCCN(C3CCOCC3)C1)CC2.O=CO. The molecule has 7 heteroatoms. The second kappa shape index (κ2) is 8.31. The van der Waals surface area contributed by atoms with Gasteiger partial charge in [0.25, 0.3) is 6.47 Å².